The summed E-state index contributed by atoms with van der Waals surface area (Å²) in [7, 11) is 0. The fourth-order valence-electron chi connectivity index (χ4n) is 2.19. The second-order valence-electron chi connectivity index (χ2n) is 5.57. The van der Waals surface area contributed by atoms with E-state index in [-0.39, 0.29) is 12.1 Å². The smallest absolute Gasteiger partial charge is 0.407 e. The minimum atomic E-state index is -0.408. The Morgan fingerprint density at radius 1 is 1.40 bits per heavy atom. The van der Waals surface area contributed by atoms with Crippen LogP contribution in [0, 0.1) is 11.8 Å². The summed E-state index contributed by atoms with van der Waals surface area (Å²) < 4.78 is 5.23. The number of fused-ring (bicyclic) bond motifs is 1. The topological polar surface area (TPSA) is 50.4 Å². The standard InChI is InChI=1S/C11H20N2O2/c1-11(2,3)15-10(14)13-9-6-12-5-7-4-8(7)9/h7-9,12H,4-6H2,1-3H3,(H,13,14). The average molecular weight is 212 g/mol. The second-order valence-corrected chi connectivity index (χ2v) is 5.57. The predicted octanol–water partition coefficient (Wildman–Crippen LogP) is 1.12. The Labute approximate surface area is 90.8 Å². The summed E-state index contributed by atoms with van der Waals surface area (Å²) in [5, 5.41) is 6.27. The van der Waals surface area contributed by atoms with E-state index in [2.05, 4.69) is 10.6 Å². The maximum absolute atomic E-state index is 11.5. The van der Waals surface area contributed by atoms with E-state index in [1.165, 1.54) is 6.42 Å². The summed E-state index contributed by atoms with van der Waals surface area (Å²) in [6, 6.07) is 0.263. The number of alkyl carbamates (subject to hydrolysis) is 1. The lowest BCUT2D eigenvalue weighted by Crippen LogP contribution is -2.48. The molecular formula is C11H20N2O2. The lowest BCUT2D eigenvalue weighted by Gasteiger charge is -2.26. The van der Waals surface area contributed by atoms with Crippen molar-refractivity contribution in [3.8, 4) is 0 Å². The molecule has 3 atom stereocenters. The molecule has 0 aromatic rings. The molecule has 4 heteroatoms. The summed E-state index contributed by atoms with van der Waals surface area (Å²) in [6.45, 7) is 7.63. The maximum Gasteiger partial charge on any atom is 0.407 e. The van der Waals surface area contributed by atoms with Crippen molar-refractivity contribution >= 4 is 6.09 Å². The molecular weight excluding hydrogens is 192 g/mol. The maximum atomic E-state index is 11.5. The van der Waals surface area contributed by atoms with Gasteiger partial charge in [-0.3, -0.25) is 0 Å². The van der Waals surface area contributed by atoms with Gasteiger partial charge in [-0.05, 0) is 45.6 Å². The van der Waals surface area contributed by atoms with Crippen LogP contribution < -0.4 is 10.6 Å². The summed E-state index contributed by atoms with van der Waals surface area (Å²) in [6.07, 6.45) is 0.954. The van der Waals surface area contributed by atoms with Crippen LogP contribution >= 0.6 is 0 Å². The van der Waals surface area contributed by atoms with Crippen LogP contribution in [0.2, 0.25) is 0 Å². The molecule has 3 unspecified atom stereocenters. The van der Waals surface area contributed by atoms with Crippen molar-refractivity contribution in [3.05, 3.63) is 0 Å². The first-order valence-corrected chi connectivity index (χ1v) is 5.66. The lowest BCUT2D eigenvalue weighted by atomic mass is 10.1. The highest BCUT2D eigenvalue weighted by Gasteiger charge is 2.46. The van der Waals surface area contributed by atoms with Gasteiger partial charge >= 0.3 is 6.09 Å². The fourth-order valence-corrected chi connectivity index (χ4v) is 2.19. The van der Waals surface area contributed by atoms with Crippen molar-refractivity contribution in [3.63, 3.8) is 0 Å². The van der Waals surface area contributed by atoms with E-state index in [0.29, 0.717) is 5.92 Å². The Kier molecular flexibility index (Phi) is 2.63. The highest BCUT2D eigenvalue weighted by molar-refractivity contribution is 5.68. The van der Waals surface area contributed by atoms with Gasteiger partial charge in [0, 0.05) is 12.6 Å². The molecule has 1 amide bonds. The van der Waals surface area contributed by atoms with Crippen LogP contribution in [-0.2, 0) is 4.74 Å². The summed E-state index contributed by atoms with van der Waals surface area (Å²) in [5.41, 5.74) is -0.408. The molecule has 2 N–H and O–H groups in total. The van der Waals surface area contributed by atoms with E-state index in [9.17, 15) is 4.79 Å². The summed E-state index contributed by atoms with van der Waals surface area (Å²) >= 11 is 0. The molecule has 2 aliphatic rings. The zero-order valence-corrected chi connectivity index (χ0v) is 9.67. The molecule has 0 bridgehead atoms. The highest BCUT2D eigenvalue weighted by Crippen LogP contribution is 2.42. The van der Waals surface area contributed by atoms with E-state index in [1.54, 1.807) is 0 Å². The number of carbonyl (C=O) groups excluding carboxylic acids is 1. The molecule has 0 aromatic heterocycles. The Balaban J connectivity index is 1.79. The Bertz CT molecular complexity index is 260. The van der Waals surface area contributed by atoms with Gasteiger partial charge < -0.3 is 15.4 Å². The number of amides is 1. The lowest BCUT2D eigenvalue weighted by molar-refractivity contribution is 0.0492. The van der Waals surface area contributed by atoms with Gasteiger partial charge in [0.2, 0.25) is 0 Å². The van der Waals surface area contributed by atoms with Gasteiger partial charge in [0.05, 0.1) is 0 Å². The molecule has 1 saturated carbocycles. The molecule has 4 nitrogen and oxygen atoms in total. The van der Waals surface area contributed by atoms with Gasteiger partial charge in [-0.15, -0.1) is 0 Å². The van der Waals surface area contributed by atoms with Crippen molar-refractivity contribution in [1.29, 1.82) is 0 Å². The van der Waals surface area contributed by atoms with Crippen LogP contribution in [0.15, 0.2) is 0 Å². The van der Waals surface area contributed by atoms with Gasteiger partial charge in [0.25, 0.3) is 0 Å². The van der Waals surface area contributed by atoms with Crippen LogP contribution in [0.1, 0.15) is 27.2 Å². The van der Waals surface area contributed by atoms with E-state index >= 15 is 0 Å². The third-order valence-corrected chi connectivity index (χ3v) is 2.97. The van der Waals surface area contributed by atoms with Crippen LogP contribution in [0.3, 0.4) is 0 Å². The molecule has 1 saturated heterocycles. The van der Waals surface area contributed by atoms with E-state index < -0.39 is 5.60 Å². The van der Waals surface area contributed by atoms with Gasteiger partial charge in [-0.1, -0.05) is 0 Å². The second kappa shape index (κ2) is 3.67. The van der Waals surface area contributed by atoms with E-state index in [1.807, 2.05) is 20.8 Å². The predicted molar refractivity (Wildman–Crippen MR) is 57.6 cm³/mol. The third-order valence-electron chi connectivity index (χ3n) is 2.97. The molecule has 1 aliphatic carbocycles. The number of hydrogen-bond acceptors (Lipinski definition) is 3. The first-order valence-electron chi connectivity index (χ1n) is 5.66. The van der Waals surface area contributed by atoms with E-state index in [4.69, 9.17) is 4.74 Å². The highest BCUT2D eigenvalue weighted by atomic mass is 16.6. The number of ether oxygens (including phenoxy) is 1. The largest absolute Gasteiger partial charge is 0.444 e. The van der Waals surface area contributed by atoms with Crippen LogP contribution in [-0.4, -0.2) is 30.8 Å². The van der Waals surface area contributed by atoms with Crippen LogP contribution in [0.5, 0.6) is 0 Å². The molecule has 1 aliphatic heterocycles. The quantitative estimate of drug-likeness (QED) is 0.685. The molecule has 0 spiro atoms. The molecule has 0 radical (unpaired) electrons. The Hall–Kier alpha value is -0.770. The Morgan fingerprint density at radius 2 is 2.13 bits per heavy atom. The van der Waals surface area contributed by atoms with Gasteiger partial charge in [-0.2, -0.15) is 0 Å². The van der Waals surface area contributed by atoms with E-state index in [0.717, 1.165) is 19.0 Å². The zero-order chi connectivity index (χ0) is 11.1. The van der Waals surface area contributed by atoms with Crippen molar-refractivity contribution < 1.29 is 9.53 Å². The fraction of sp³-hybridized carbons (Fsp3) is 0.909. The first kappa shape index (κ1) is 10.7. The molecule has 0 aromatic carbocycles. The van der Waals surface area contributed by atoms with Crippen LogP contribution in [0.25, 0.3) is 0 Å². The van der Waals surface area contributed by atoms with Gasteiger partial charge in [0.1, 0.15) is 5.60 Å². The van der Waals surface area contributed by atoms with Crippen molar-refractivity contribution in [1.82, 2.24) is 10.6 Å². The Morgan fingerprint density at radius 3 is 2.80 bits per heavy atom. The number of carbonyl (C=O) groups is 1. The minimum Gasteiger partial charge on any atom is -0.444 e. The van der Waals surface area contributed by atoms with Crippen molar-refractivity contribution in [2.45, 2.75) is 38.8 Å². The van der Waals surface area contributed by atoms with Crippen LogP contribution in [0.4, 0.5) is 4.79 Å². The zero-order valence-electron chi connectivity index (χ0n) is 9.67. The monoisotopic (exact) mass is 212 g/mol. The minimum absolute atomic E-state index is 0.263. The third kappa shape index (κ3) is 2.84. The van der Waals surface area contributed by atoms with Crippen molar-refractivity contribution in [2.24, 2.45) is 11.8 Å². The normalized spacial score (nSPS) is 34.2. The van der Waals surface area contributed by atoms with Crippen molar-refractivity contribution in [2.75, 3.05) is 13.1 Å². The average Bonchev–Trinajstić information content (AvgIpc) is 2.79. The van der Waals surface area contributed by atoms with Gasteiger partial charge in [-0.25, -0.2) is 4.79 Å². The number of piperidine rings is 1. The summed E-state index contributed by atoms with van der Waals surface area (Å²) in [4.78, 5) is 11.5. The number of hydrogen-bond donors (Lipinski definition) is 2. The molecule has 2 rings (SSSR count). The SMILES string of the molecule is CC(C)(C)OC(=O)NC1CNCC2CC21. The molecule has 1 heterocycles. The first-order chi connectivity index (χ1) is 6.96. The van der Waals surface area contributed by atoms with Gasteiger partial charge in [0.15, 0.2) is 0 Å². The molecule has 86 valence electrons. The summed E-state index contributed by atoms with van der Waals surface area (Å²) in [5.74, 6) is 1.46. The molecule has 15 heavy (non-hydrogen) atoms. The molecule has 2 fully saturated rings. The number of nitrogens with one attached hydrogen (secondary N) is 2. The number of rotatable bonds is 1.